The van der Waals surface area contributed by atoms with Crippen molar-refractivity contribution in [1.82, 2.24) is 10.3 Å². The summed E-state index contributed by atoms with van der Waals surface area (Å²) in [4.78, 5) is 4.54. The van der Waals surface area contributed by atoms with Crippen LogP contribution in [0.2, 0.25) is 0 Å². The van der Waals surface area contributed by atoms with E-state index in [0.717, 1.165) is 18.5 Å². The number of nitrogens with one attached hydrogen (secondary N) is 1. The lowest BCUT2D eigenvalue weighted by atomic mass is 10.0. The van der Waals surface area contributed by atoms with Gasteiger partial charge in [0, 0.05) is 24.0 Å². The van der Waals surface area contributed by atoms with Crippen molar-refractivity contribution in [2.24, 2.45) is 0 Å². The number of para-hydroxylation sites is 1. The highest BCUT2D eigenvalue weighted by Gasteiger charge is 2.22. The van der Waals surface area contributed by atoms with Crippen molar-refractivity contribution in [3.8, 4) is 0 Å². The average molecular weight is 272 g/mol. The fraction of sp³-hybridized carbons (Fsp3) is 0.438. The number of nitrogens with zero attached hydrogens (tertiary/aromatic N) is 1. The monoisotopic (exact) mass is 272 g/mol. The van der Waals surface area contributed by atoms with E-state index < -0.39 is 0 Å². The first-order chi connectivity index (χ1) is 9.86. The Labute approximate surface area is 119 Å². The predicted molar refractivity (Wildman–Crippen MR) is 78.5 cm³/mol. The quantitative estimate of drug-likeness (QED) is 0.908. The fourth-order valence-electron chi connectivity index (χ4n) is 2.60. The van der Waals surface area contributed by atoms with E-state index >= 15 is 0 Å². The number of ether oxygens (including phenoxy) is 2. The molecule has 4 heteroatoms. The van der Waals surface area contributed by atoms with Crippen LogP contribution in [0.15, 0.2) is 36.5 Å². The van der Waals surface area contributed by atoms with Crippen LogP contribution in [0, 0.1) is 0 Å². The normalized spacial score (nSPS) is 17.6. The Kier molecular flexibility index (Phi) is 4.25. The molecule has 1 aromatic heterocycles. The Morgan fingerprint density at radius 2 is 2.10 bits per heavy atom. The molecule has 1 atom stereocenters. The molecule has 106 valence electrons. The summed E-state index contributed by atoms with van der Waals surface area (Å²) in [5.74, 6) is 0. The van der Waals surface area contributed by atoms with Gasteiger partial charge in [0.05, 0.1) is 18.7 Å². The van der Waals surface area contributed by atoms with Crippen LogP contribution in [0.3, 0.4) is 0 Å². The summed E-state index contributed by atoms with van der Waals surface area (Å²) in [6.07, 6.45) is 2.66. The molecule has 1 fully saturated rings. The molecular formula is C16H20N2O2. The van der Waals surface area contributed by atoms with Crippen LogP contribution in [0.5, 0.6) is 0 Å². The molecule has 2 heterocycles. The summed E-state index contributed by atoms with van der Waals surface area (Å²) in [6, 6.07) is 10.6. The molecule has 0 aliphatic carbocycles. The lowest BCUT2D eigenvalue weighted by Crippen LogP contribution is -2.26. The maximum Gasteiger partial charge on any atom is 0.159 e. The van der Waals surface area contributed by atoms with E-state index in [1.54, 1.807) is 0 Å². The third-order valence-electron chi connectivity index (χ3n) is 3.58. The first-order valence-corrected chi connectivity index (χ1v) is 7.18. The van der Waals surface area contributed by atoms with E-state index in [1.807, 2.05) is 24.4 Å². The zero-order valence-corrected chi connectivity index (χ0v) is 11.7. The highest BCUT2D eigenvalue weighted by atomic mass is 16.7. The highest BCUT2D eigenvalue weighted by molar-refractivity contribution is 5.78. The van der Waals surface area contributed by atoms with Gasteiger partial charge in [-0.1, -0.05) is 25.1 Å². The molecule has 1 aliphatic heterocycles. The molecule has 0 amide bonds. The minimum atomic E-state index is -0.106. The molecule has 3 rings (SSSR count). The summed E-state index contributed by atoms with van der Waals surface area (Å²) in [5, 5.41) is 4.66. The molecule has 2 aromatic rings. The van der Waals surface area contributed by atoms with Crippen molar-refractivity contribution < 1.29 is 9.47 Å². The predicted octanol–water partition coefficient (Wildman–Crippen LogP) is 2.65. The maximum atomic E-state index is 5.56. The molecule has 0 saturated carbocycles. The topological polar surface area (TPSA) is 43.4 Å². The van der Waals surface area contributed by atoms with Gasteiger partial charge in [-0.25, -0.2) is 0 Å². The van der Waals surface area contributed by atoms with E-state index in [-0.39, 0.29) is 12.3 Å². The third-order valence-corrected chi connectivity index (χ3v) is 3.58. The van der Waals surface area contributed by atoms with Crippen LogP contribution in [0.25, 0.3) is 10.9 Å². The minimum Gasteiger partial charge on any atom is -0.350 e. The van der Waals surface area contributed by atoms with E-state index in [2.05, 4.69) is 29.4 Å². The summed E-state index contributed by atoms with van der Waals surface area (Å²) in [5.41, 5.74) is 2.21. The number of fused-ring (bicyclic) bond motifs is 1. The molecule has 0 radical (unpaired) electrons. The van der Waals surface area contributed by atoms with Crippen LogP contribution in [0.4, 0.5) is 0 Å². The molecule has 1 saturated heterocycles. The fourth-order valence-corrected chi connectivity index (χ4v) is 2.60. The van der Waals surface area contributed by atoms with Crippen molar-refractivity contribution in [3.63, 3.8) is 0 Å². The number of hydrogen-bond acceptors (Lipinski definition) is 4. The van der Waals surface area contributed by atoms with Gasteiger partial charge in [-0.2, -0.15) is 0 Å². The van der Waals surface area contributed by atoms with Crippen LogP contribution in [-0.2, 0) is 9.47 Å². The maximum absolute atomic E-state index is 5.56. The first-order valence-electron chi connectivity index (χ1n) is 7.18. The molecule has 1 aromatic carbocycles. The number of rotatable bonds is 5. The molecule has 20 heavy (non-hydrogen) atoms. The second kappa shape index (κ2) is 6.31. The summed E-state index contributed by atoms with van der Waals surface area (Å²) in [6.45, 7) is 4.40. The van der Waals surface area contributed by atoms with Crippen LogP contribution in [0.1, 0.15) is 24.9 Å². The first kappa shape index (κ1) is 13.5. The van der Waals surface area contributed by atoms with Gasteiger partial charge in [-0.3, -0.25) is 4.98 Å². The summed E-state index contributed by atoms with van der Waals surface area (Å²) in [7, 11) is 0. The third kappa shape index (κ3) is 2.98. The van der Waals surface area contributed by atoms with Crippen molar-refractivity contribution in [2.75, 3.05) is 19.8 Å². The Balaban J connectivity index is 1.83. The Morgan fingerprint density at radius 3 is 2.90 bits per heavy atom. The molecule has 1 aliphatic rings. The zero-order chi connectivity index (χ0) is 13.8. The minimum absolute atomic E-state index is 0.106. The van der Waals surface area contributed by atoms with Gasteiger partial charge in [0.1, 0.15) is 0 Å². The summed E-state index contributed by atoms with van der Waals surface area (Å²) < 4.78 is 11.1. The van der Waals surface area contributed by atoms with Crippen molar-refractivity contribution in [2.45, 2.75) is 25.7 Å². The Hall–Kier alpha value is -1.49. The van der Waals surface area contributed by atoms with Crippen molar-refractivity contribution >= 4 is 10.9 Å². The van der Waals surface area contributed by atoms with Gasteiger partial charge < -0.3 is 14.8 Å². The molecule has 1 unspecified atom stereocenters. The number of aromatic nitrogens is 1. The SMILES string of the molecule is CCNC(CC1OCCO1)c1cnc2ccccc2c1. The van der Waals surface area contributed by atoms with Gasteiger partial charge in [0.15, 0.2) is 6.29 Å². The largest absolute Gasteiger partial charge is 0.350 e. The van der Waals surface area contributed by atoms with E-state index in [4.69, 9.17) is 9.47 Å². The molecule has 0 spiro atoms. The van der Waals surface area contributed by atoms with Crippen LogP contribution < -0.4 is 5.32 Å². The zero-order valence-electron chi connectivity index (χ0n) is 11.7. The van der Waals surface area contributed by atoms with Gasteiger partial charge >= 0.3 is 0 Å². The van der Waals surface area contributed by atoms with E-state index in [0.29, 0.717) is 13.2 Å². The molecule has 4 nitrogen and oxygen atoms in total. The number of pyridine rings is 1. The molecule has 0 bridgehead atoms. The second-order valence-electron chi connectivity index (χ2n) is 4.98. The Morgan fingerprint density at radius 1 is 1.30 bits per heavy atom. The lowest BCUT2D eigenvalue weighted by molar-refractivity contribution is -0.0529. The highest BCUT2D eigenvalue weighted by Crippen LogP contribution is 2.24. The number of benzene rings is 1. The van der Waals surface area contributed by atoms with Crippen LogP contribution >= 0.6 is 0 Å². The van der Waals surface area contributed by atoms with Gasteiger partial charge in [-0.05, 0) is 24.2 Å². The summed E-state index contributed by atoms with van der Waals surface area (Å²) >= 11 is 0. The van der Waals surface area contributed by atoms with Gasteiger partial charge in [0.25, 0.3) is 0 Å². The van der Waals surface area contributed by atoms with E-state index in [1.165, 1.54) is 10.9 Å². The molecule has 1 N–H and O–H groups in total. The van der Waals surface area contributed by atoms with E-state index in [9.17, 15) is 0 Å². The lowest BCUT2D eigenvalue weighted by Gasteiger charge is -2.21. The van der Waals surface area contributed by atoms with Crippen molar-refractivity contribution in [1.29, 1.82) is 0 Å². The smallest absolute Gasteiger partial charge is 0.159 e. The van der Waals surface area contributed by atoms with Crippen LogP contribution in [-0.4, -0.2) is 31.0 Å². The second-order valence-corrected chi connectivity index (χ2v) is 4.98. The van der Waals surface area contributed by atoms with Gasteiger partial charge in [-0.15, -0.1) is 0 Å². The number of hydrogen-bond donors (Lipinski definition) is 1. The van der Waals surface area contributed by atoms with Crippen molar-refractivity contribution in [3.05, 3.63) is 42.1 Å². The van der Waals surface area contributed by atoms with Gasteiger partial charge in [0.2, 0.25) is 0 Å². The molecular weight excluding hydrogens is 252 g/mol. The Bertz CT molecular complexity index is 567. The standard InChI is InChI=1S/C16H20N2O2/c1-2-17-15(10-16-19-7-8-20-16)13-9-12-5-3-4-6-14(12)18-11-13/h3-6,9,11,15-17H,2,7-8,10H2,1H3. The average Bonchev–Trinajstić information content (AvgIpc) is 2.99.